The summed E-state index contributed by atoms with van der Waals surface area (Å²) in [5.41, 5.74) is 0. The Kier molecular flexibility index (Phi) is 7.19. The van der Waals surface area contributed by atoms with Crippen LogP contribution in [0.5, 0.6) is 0 Å². The van der Waals surface area contributed by atoms with Crippen LogP contribution in [0.3, 0.4) is 0 Å². The number of sulfone groups is 1. The Hall–Kier alpha value is -0.960. The summed E-state index contributed by atoms with van der Waals surface area (Å²) >= 11 is 0. The first-order chi connectivity index (χ1) is 10.7. The fraction of sp³-hybridized carbons (Fsp3) is 0.600. The van der Waals surface area contributed by atoms with Crippen molar-refractivity contribution < 1.29 is 21.6 Å². The van der Waals surface area contributed by atoms with Crippen molar-refractivity contribution in [2.75, 3.05) is 26.5 Å². The molecule has 0 saturated heterocycles. The Morgan fingerprint density at radius 1 is 1.04 bits per heavy atom. The zero-order valence-electron chi connectivity index (χ0n) is 14.0. The average Bonchev–Trinajstić information content (AvgIpc) is 2.50. The third kappa shape index (κ3) is 4.76. The van der Waals surface area contributed by atoms with Gasteiger partial charge in [0, 0.05) is 26.0 Å². The van der Waals surface area contributed by atoms with Crippen molar-refractivity contribution in [1.29, 1.82) is 0 Å². The number of hydrogen-bond donors (Lipinski definition) is 0. The smallest absolute Gasteiger partial charge is 0.244 e. The van der Waals surface area contributed by atoms with E-state index in [0.717, 1.165) is 6.26 Å². The van der Waals surface area contributed by atoms with E-state index >= 15 is 0 Å². The Bertz CT molecular complexity index is 709. The first-order valence-corrected chi connectivity index (χ1v) is 10.8. The molecule has 0 aliphatic heterocycles. The zero-order valence-corrected chi connectivity index (χ0v) is 15.7. The second-order valence-electron chi connectivity index (χ2n) is 5.30. The number of nitrogens with zero attached hydrogens (tertiary/aromatic N) is 1. The molecule has 0 atom stereocenters. The maximum absolute atomic E-state index is 13.1. The van der Waals surface area contributed by atoms with E-state index in [2.05, 4.69) is 0 Å². The highest BCUT2D eigenvalue weighted by atomic mass is 32.2. The van der Waals surface area contributed by atoms with Crippen LogP contribution >= 0.6 is 0 Å². The molecule has 0 aliphatic rings. The van der Waals surface area contributed by atoms with Crippen molar-refractivity contribution in [3.63, 3.8) is 0 Å². The molecule has 0 fully saturated rings. The summed E-state index contributed by atoms with van der Waals surface area (Å²) in [6.45, 7) is 4.25. The number of benzene rings is 1. The first kappa shape index (κ1) is 20.1. The van der Waals surface area contributed by atoms with Crippen molar-refractivity contribution in [2.45, 2.75) is 42.5 Å². The minimum absolute atomic E-state index is 0.173. The van der Waals surface area contributed by atoms with Gasteiger partial charge in [0.05, 0.1) is 11.5 Å². The molecule has 23 heavy (non-hydrogen) atoms. The molecule has 1 aromatic carbocycles. The van der Waals surface area contributed by atoms with E-state index in [1.54, 1.807) is 0 Å². The van der Waals surface area contributed by atoms with Gasteiger partial charge in [0.2, 0.25) is 10.0 Å². The number of sulfonamides is 1. The summed E-state index contributed by atoms with van der Waals surface area (Å²) in [6, 6.07) is 5.51. The lowest BCUT2D eigenvalue weighted by Gasteiger charge is -2.30. The van der Waals surface area contributed by atoms with Gasteiger partial charge in [0.25, 0.3) is 0 Å². The molecule has 0 bridgehead atoms. The molecule has 1 rings (SSSR count). The third-order valence-corrected chi connectivity index (χ3v) is 6.99. The zero-order chi connectivity index (χ0) is 17.7. The molecule has 0 aromatic heterocycles. The maximum Gasteiger partial charge on any atom is 0.244 e. The van der Waals surface area contributed by atoms with E-state index in [4.69, 9.17) is 4.74 Å². The predicted molar refractivity (Wildman–Crippen MR) is 89.7 cm³/mol. The molecule has 132 valence electrons. The van der Waals surface area contributed by atoms with E-state index in [9.17, 15) is 16.8 Å². The Morgan fingerprint density at radius 2 is 1.57 bits per heavy atom. The quantitative estimate of drug-likeness (QED) is 0.669. The Balaban J connectivity index is 3.47. The van der Waals surface area contributed by atoms with Crippen LogP contribution in [0.4, 0.5) is 0 Å². The van der Waals surface area contributed by atoms with Gasteiger partial charge < -0.3 is 4.74 Å². The van der Waals surface area contributed by atoms with E-state index in [1.807, 2.05) is 13.8 Å². The van der Waals surface area contributed by atoms with Gasteiger partial charge in [0.1, 0.15) is 4.90 Å². The largest absolute Gasteiger partial charge is 0.383 e. The lowest BCUT2D eigenvalue weighted by atomic mass is 10.2. The van der Waals surface area contributed by atoms with Crippen LogP contribution < -0.4 is 0 Å². The molecular formula is C15H25NO5S2. The van der Waals surface area contributed by atoms with Crippen LogP contribution in [0, 0.1) is 0 Å². The molecule has 0 aliphatic carbocycles. The maximum atomic E-state index is 13.1. The van der Waals surface area contributed by atoms with E-state index < -0.39 is 19.9 Å². The van der Waals surface area contributed by atoms with Gasteiger partial charge in [-0.1, -0.05) is 26.0 Å². The lowest BCUT2D eigenvalue weighted by molar-refractivity contribution is 0.163. The summed E-state index contributed by atoms with van der Waals surface area (Å²) in [6.07, 6.45) is 2.29. The summed E-state index contributed by atoms with van der Waals surface area (Å²) in [5, 5.41) is 0. The van der Waals surface area contributed by atoms with Gasteiger partial charge >= 0.3 is 0 Å². The second-order valence-corrected chi connectivity index (χ2v) is 9.14. The SMILES string of the molecule is CCC(CC)N(CCOC)S(=O)(=O)c1ccccc1S(C)(=O)=O. The highest BCUT2D eigenvalue weighted by Crippen LogP contribution is 2.26. The van der Waals surface area contributed by atoms with Crippen molar-refractivity contribution >= 4 is 19.9 Å². The van der Waals surface area contributed by atoms with Gasteiger partial charge in [-0.15, -0.1) is 0 Å². The molecule has 8 heteroatoms. The molecule has 0 amide bonds. The molecule has 6 nitrogen and oxygen atoms in total. The van der Waals surface area contributed by atoms with Gasteiger partial charge in [0.15, 0.2) is 9.84 Å². The topological polar surface area (TPSA) is 80.8 Å². The summed E-state index contributed by atoms with van der Waals surface area (Å²) < 4.78 is 56.4. The molecule has 1 aromatic rings. The minimum Gasteiger partial charge on any atom is -0.383 e. The summed E-state index contributed by atoms with van der Waals surface area (Å²) in [5.74, 6) is 0. The van der Waals surface area contributed by atoms with Gasteiger partial charge in [-0.05, 0) is 25.0 Å². The van der Waals surface area contributed by atoms with Crippen LogP contribution in [0.25, 0.3) is 0 Å². The monoisotopic (exact) mass is 363 g/mol. The minimum atomic E-state index is -3.94. The van der Waals surface area contributed by atoms with Gasteiger partial charge in [-0.2, -0.15) is 4.31 Å². The number of hydrogen-bond acceptors (Lipinski definition) is 5. The molecule has 0 unspecified atom stereocenters. The lowest BCUT2D eigenvalue weighted by Crippen LogP contribution is -2.42. The van der Waals surface area contributed by atoms with E-state index in [1.165, 1.54) is 35.7 Å². The second kappa shape index (κ2) is 8.23. The molecule has 0 radical (unpaired) electrons. The molecule has 0 saturated carbocycles. The average molecular weight is 364 g/mol. The summed E-state index contributed by atoms with van der Waals surface area (Å²) in [7, 11) is -6.08. The molecule has 0 spiro atoms. The highest BCUT2D eigenvalue weighted by molar-refractivity contribution is 7.93. The van der Waals surface area contributed by atoms with Crippen LogP contribution in [0.15, 0.2) is 34.1 Å². The molecule has 0 N–H and O–H groups in total. The number of rotatable bonds is 9. The van der Waals surface area contributed by atoms with Crippen molar-refractivity contribution in [2.24, 2.45) is 0 Å². The van der Waals surface area contributed by atoms with Crippen molar-refractivity contribution in [3.05, 3.63) is 24.3 Å². The first-order valence-electron chi connectivity index (χ1n) is 7.50. The highest BCUT2D eigenvalue weighted by Gasteiger charge is 2.33. The van der Waals surface area contributed by atoms with Crippen LogP contribution in [0.1, 0.15) is 26.7 Å². The fourth-order valence-electron chi connectivity index (χ4n) is 2.47. The van der Waals surface area contributed by atoms with Crippen molar-refractivity contribution in [1.82, 2.24) is 4.31 Å². The fourth-order valence-corrected chi connectivity index (χ4v) is 5.83. The van der Waals surface area contributed by atoms with Crippen molar-refractivity contribution in [3.8, 4) is 0 Å². The summed E-state index contributed by atoms with van der Waals surface area (Å²) in [4.78, 5) is -0.348. The third-order valence-electron chi connectivity index (χ3n) is 3.70. The Labute approximate surface area is 139 Å². The molecular weight excluding hydrogens is 338 g/mol. The van der Waals surface area contributed by atoms with E-state index in [0.29, 0.717) is 12.8 Å². The van der Waals surface area contributed by atoms with Gasteiger partial charge in [-0.3, -0.25) is 0 Å². The van der Waals surface area contributed by atoms with E-state index in [-0.39, 0.29) is 29.0 Å². The van der Waals surface area contributed by atoms with Gasteiger partial charge in [-0.25, -0.2) is 16.8 Å². The normalized spacial score (nSPS) is 13.0. The number of ether oxygens (including phenoxy) is 1. The van der Waals surface area contributed by atoms with Crippen LogP contribution in [0.2, 0.25) is 0 Å². The Morgan fingerprint density at radius 3 is 2.00 bits per heavy atom. The standard InChI is InChI=1S/C15H25NO5S2/c1-5-13(6-2)16(11-12-21-3)23(19,20)15-10-8-7-9-14(15)22(4,17)18/h7-10,13H,5-6,11-12H2,1-4H3. The predicted octanol–water partition coefficient (Wildman–Crippen LogP) is 1.92. The van der Waals surface area contributed by atoms with Crippen LogP contribution in [-0.4, -0.2) is 53.7 Å². The van der Waals surface area contributed by atoms with Crippen LogP contribution in [-0.2, 0) is 24.6 Å². The molecule has 0 heterocycles. The number of methoxy groups -OCH3 is 1.